The van der Waals surface area contributed by atoms with Crippen LogP contribution in [0.3, 0.4) is 0 Å². The van der Waals surface area contributed by atoms with Crippen molar-refractivity contribution in [2.45, 2.75) is 19.2 Å². The fraction of sp³-hybridized carbons (Fsp3) is 0.222. The van der Waals surface area contributed by atoms with Crippen molar-refractivity contribution in [2.75, 3.05) is 16.0 Å². The number of nitrogens with zero attached hydrogens (tertiary/aromatic N) is 1. The first-order chi connectivity index (χ1) is 11.5. The summed E-state index contributed by atoms with van der Waals surface area (Å²) >= 11 is 1.46. The number of rotatable bonds is 3. The second kappa shape index (κ2) is 6.65. The van der Waals surface area contributed by atoms with Crippen LogP contribution < -0.4 is 10.2 Å². The van der Waals surface area contributed by atoms with Crippen LogP contribution in [0.15, 0.2) is 42.5 Å². The van der Waals surface area contributed by atoms with Gasteiger partial charge in [-0.1, -0.05) is 18.2 Å². The number of benzene rings is 2. The number of hydrogen-bond donors (Lipinski definition) is 1. The normalized spacial score (nSPS) is 17.2. The lowest BCUT2D eigenvalue weighted by atomic mass is 10.1. The quantitative estimate of drug-likeness (QED) is 0.919. The number of amides is 2. The number of halogens is 1. The molecule has 0 bridgehead atoms. The Morgan fingerprint density at radius 2 is 1.96 bits per heavy atom. The fourth-order valence-electron chi connectivity index (χ4n) is 2.67. The highest BCUT2D eigenvalue weighted by molar-refractivity contribution is 8.00. The van der Waals surface area contributed by atoms with E-state index in [9.17, 15) is 14.0 Å². The van der Waals surface area contributed by atoms with Gasteiger partial charge < -0.3 is 5.32 Å². The lowest BCUT2D eigenvalue weighted by Crippen LogP contribution is -2.28. The first-order valence-electron chi connectivity index (χ1n) is 7.53. The molecule has 1 heterocycles. The minimum atomic E-state index is -0.406. The first-order valence-corrected chi connectivity index (χ1v) is 8.58. The van der Waals surface area contributed by atoms with E-state index in [1.165, 1.54) is 29.7 Å². The molecule has 2 aromatic rings. The predicted molar refractivity (Wildman–Crippen MR) is 94.6 cm³/mol. The Kier molecular flexibility index (Phi) is 4.57. The molecule has 0 radical (unpaired) electrons. The maximum absolute atomic E-state index is 14.2. The van der Waals surface area contributed by atoms with E-state index < -0.39 is 5.82 Å². The summed E-state index contributed by atoms with van der Waals surface area (Å²) < 4.78 is 14.2. The van der Waals surface area contributed by atoms with Gasteiger partial charge in [-0.15, -0.1) is 11.8 Å². The highest BCUT2D eigenvalue weighted by Crippen LogP contribution is 2.42. The zero-order valence-electron chi connectivity index (χ0n) is 13.4. The number of nitrogens with one attached hydrogen (secondary N) is 1. The van der Waals surface area contributed by atoms with Gasteiger partial charge in [-0.3, -0.25) is 14.5 Å². The molecule has 3 rings (SSSR count). The lowest BCUT2D eigenvalue weighted by Gasteiger charge is -2.25. The van der Waals surface area contributed by atoms with Crippen molar-refractivity contribution in [3.05, 3.63) is 59.4 Å². The minimum Gasteiger partial charge on any atom is -0.326 e. The van der Waals surface area contributed by atoms with Crippen LogP contribution in [-0.2, 0) is 9.59 Å². The molecule has 4 nitrogen and oxygen atoms in total. The molecule has 2 aromatic carbocycles. The molecule has 0 saturated carbocycles. The predicted octanol–water partition coefficient (Wildman–Crippen LogP) is 3.87. The standard InChI is InChI=1S/C18H17FN2O2S/c1-11-3-8-15(19)16(9-11)21-17(23)10-24-18(21)13-4-6-14(7-5-13)20-12(2)22/h3-9,18H,10H2,1-2H3,(H,20,22). The number of anilines is 2. The van der Waals surface area contributed by atoms with Gasteiger partial charge in [0, 0.05) is 12.6 Å². The van der Waals surface area contributed by atoms with Crippen molar-refractivity contribution in [3.63, 3.8) is 0 Å². The summed E-state index contributed by atoms with van der Waals surface area (Å²) in [5.74, 6) is -0.348. The van der Waals surface area contributed by atoms with Crippen LogP contribution in [0.1, 0.15) is 23.4 Å². The summed E-state index contributed by atoms with van der Waals surface area (Å²) in [6.45, 7) is 3.31. The van der Waals surface area contributed by atoms with Gasteiger partial charge in [0.2, 0.25) is 11.8 Å². The van der Waals surface area contributed by atoms with Crippen LogP contribution in [0.4, 0.5) is 15.8 Å². The maximum Gasteiger partial charge on any atom is 0.238 e. The van der Waals surface area contributed by atoms with E-state index in [1.807, 2.05) is 19.1 Å². The molecule has 1 atom stereocenters. The van der Waals surface area contributed by atoms with Crippen molar-refractivity contribution in [1.29, 1.82) is 0 Å². The number of thioether (sulfide) groups is 1. The van der Waals surface area contributed by atoms with Crippen LogP contribution in [0, 0.1) is 12.7 Å². The average Bonchev–Trinajstić information content (AvgIpc) is 2.91. The number of hydrogen-bond acceptors (Lipinski definition) is 3. The smallest absolute Gasteiger partial charge is 0.238 e. The summed E-state index contributed by atoms with van der Waals surface area (Å²) in [6, 6.07) is 12.0. The molecular weight excluding hydrogens is 327 g/mol. The van der Waals surface area contributed by atoms with Gasteiger partial charge >= 0.3 is 0 Å². The third-order valence-corrected chi connectivity index (χ3v) is 4.96. The zero-order chi connectivity index (χ0) is 17.3. The molecular formula is C18H17FN2O2S. The van der Waals surface area contributed by atoms with Gasteiger partial charge in [0.15, 0.2) is 0 Å². The molecule has 1 aliphatic rings. The highest BCUT2D eigenvalue weighted by atomic mass is 32.2. The molecule has 0 aromatic heterocycles. The Morgan fingerprint density at radius 1 is 1.25 bits per heavy atom. The van der Waals surface area contributed by atoms with E-state index in [4.69, 9.17) is 0 Å². The Balaban J connectivity index is 1.93. The molecule has 1 saturated heterocycles. The molecule has 124 valence electrons. The molecule has 1 N–H and O–H groups in total. The Labute approximate surface area is 144 Å². The van der Waals surface area contributed by atoms with Gasteiger partial charge in [-0.25, -0.2) is 4.39 Å². The van der Waals surface area contributed by atoms with Crippen molar-refractivity contribution in [3.8, 4) is 0 Å². The first kappa shape index (κ1) is 16.5. The number of carbonyl (C=O) groups excluding carboxylic acids is 2. The number of carbonyl (C=O) groups is 2. The second-order valence-electron chi connectivity index (χ2n) is 5.69. The SMILES string of the molecule is CC(=O)Nc1ccc(C2SCC(=O)N2c2cc(C)ccc2F)cc1. The van der Waals surface area contributed by atoms with Gasteiger partial charge in [-0.05, 0) is 42.3 Å². The van der Waals surface area contributed by atoms with Gasteiger partial charge in [0.05, 0.1) is 11.4 Å². The van der Waals surface area contributed by atoms with Crippen LogP contribution in [0.2, 0.25) is 0 Å². The molecule has 2 amide bonds. The van der Waals surface area contributed by atoms with E-state index in [0.717, 1.165) is 11.1 Å². The topological polar surface area (TPSA) is 49.4 Å². The van der Waals surface area contributed by atoms with E-state index in [2.05, 4.69) is 5.32 Å². The Bertz CT molecular complexity index is 792. The van der Waals surface area contributed by atoms with Crippen LogP contribution in [0.5, 0.6) is 0 Å². The summed E-state index contributed by atoms with van der Waals surface area (Å²) in [5, 5.41) is 2.43. The third-order valence-electron chi connectivity index (χ3n) is 3.75. The molecule has 1 fully saturated rings. The molecule has 1 aliphatic heterocycles. The average molecular weight is 344 g/mol. The fourth-order valence-corrected chi connectivity index (χ4v) is 3.84. The monoisotopic (exact) mass is 344 g/mol. The summed E-state index contributed by atoms with van der Waals surface area (Å²) in [7, 11) is 0. The zero-order valence-corrected chi connectivity index (χ0v) is 14.2. The van der Waals surface area contributed by atoms with E-state index in [1.54, 1.807) is 24.3 Å². The third kappa shape index (κ3) is 3.28. The van der Waals surface area contributed by atoms with Crippen molar-refractivity contribution < 1.29 is 14.0 Å². The van der Waals surface area contributed by atoms with Crippen LogP contribution >= 0.6 is 11.8 Å². The largest absolute Gasteiger partial charge is 0.326 e. The highest BCUT2D eigenvalue weighted by Gasteiger charge is 2.35. The Morgan fingerprint density at radius 3 is 2.62 bits per heavy atom. The van der Waals surface area contributed by atoms with Crippen molar-refractivity contribution in [2.24, 2.45) is 0 Å². The minimum absolute atomic E-state index is 0.111. The molecule has 24 heavy (non-hydrogen) atoms. The molecule has 0 aliphatic carbocycles. The van der Waals surface area contributed by atoms with Gasteiger partial charge in [-0.2, -0.15) is 0 Å². The van der Waals surface area contributed by atoms with Gasteiger partial charge in [0.1, 0.15) is 11.2 Å². The molecule has 0 spiro atoms. The van der Waals surface area contributed by atoms with E-state index >= 15 is 0 Å². The summed E-state index contributed by atoms with van der Waals surface area (Å²) in [5.41, 5.74) is 2.78. The number of aryl methyl sites for hydroxylation is 1. The van der Waals surface area contributed by atoms with Gasteiger partial charge in [0.25, 0.3) is 0 Å². The lowest BCUT2D eigenvalue weighted by molar-refractivity contribution is -0.116. The van der Waals surface area contributed by atoms with Crippen LogP contribution in [-0.4, -0.2) is 17.6 Å². The van der Waals surface area contributed by atoms with E-state index in [0.29, 0.717) is 17.1 Å². The summed E-state index contributed by atoms with van der Waals surface area (Å²) in [6.07, 6.45) is 0. The summed E-state index contributed by atoms with van der Waals surface area (Å²) in [4.78, 5) is 24.9. The van der Waals surface area contributed by atoms with Crippen LogP contribution in [0.25, 0.3) is 0 Å². The van der Waals surface area contributed by atoms with Crippen molar-refractivity contribution >= 4 is 35.0 Å². The van der Waals surface area contributed by atoms with E-state index in [-0.39, 0.29) is 17.2 Å². The maximum atomic E-state index is 14.2. The Hall–Kier alpha value is -2.34. The second-order valence-corrected chi connectivity index (χ2v) is 6.75. The molecule has 6 heteroatoms. The molecule has 1 unspecified atom stereocenters. The van der Waals surface area contributed by atoms with Crippen molar-refractivity contribution in [1.82, 2.24) is 0 Å².